The summed E-state index contributed by atoms with van der Waals surface area (Å²) in [6.45, 7) is 4.18. The van der Waals surface area contributed by atoms with Gasteiger partial charge in [-0.15, -0.1) is 0 Å². The van der Waals surface area contributed by atoms with E-state index in [0.717, 1.165) is 60.1 Å². The van der Waals surface area contributed by atoms with Crippen LogP contribution in [0.15, 0.2) is 82.6 Å². The van der Waals surface area contributed by atoms with Crippen LogP contribution >= 0.6 is 0 Å². The van der Waals surface area contributed by atoms with Gasteiger partial charge in [-0.1, -0.05) is 100 Å². The third kappa shape index (κ3) is 9.25. The summed E-state index contributed by atoms with van der Waals surface area (Å²) in [6.07, 6.45) is 7.23. The molecule has 0 N–H and O–H groups in total. The number of hydrogen-bond acceptors (Lipinski definition) is 6. The molecular formula is C30H34CaO6S2. The van der Waals surface area contributed by atoms with Crippen LogP contribution in [0.1, 0.15) is 63.5 Å². The third-order valence-electron chi connectivity index (χ3n) is 6.59. The largest absolute Gasteiger partial charge is 2.00 e. The summed E-state index contributed by atoms with van der Waals surface area (Å²) in [7, 11) is -8.82. The summed E-state index contributed by atoms with van der Waals surface area (Å²) in [4.78, 5) is -0.135. The topological polar surface area (TPSA) is 114 Å². The second-order valence-corrected chi connectivity index (χ2v) is 12.0. The Balaban J connectivity index is 0.000000267. The van der Waals surface area contributed by atoms with E-state index in [9.17, 15) is 25.9 Å². The van der Waals surface area contributed by atoms with Crippen molar-refractivity contribution in [1.82, 2.24) is 0 Å². The normalized spacial score (nSPS) is 11.6. The molecule has 0 spiro atoms. The minimum atomic E-state index is -4.41. The van der Waals surface area contributed by atoms with E-state index >= 15 is 0 Å². The molecule has 0 aliphatic carbocycles. The first-order valence-corrected chi connectivity index (χ1v) is 15.8. The number of rotatable bonds is 10. The molecule has 0 amide bonds. The van der Waals surface area contributed by atoms with Gasteiger partial charge in [0.15, 0.2) is 0 Å². The van der Waals surface area contributed by atoms with E-state index in [2.05, 4.69) is 13.8 Å². The summed E-state index contributed by atoms with van der Waals surface area (Å²) >= 11 is 0. The minimum absolute atomic E-state index is 0. The van der Waals surface area contributed by atoms with E-state index in [1.54, 1.807) is 12.1 Å². The van der Waals surface area contributed by atoms with Gasteiger partial charge in [0.1, 0.15) is 20.2 Å². The molecule has 39 heavy (non-hydrogen) atoms. The molecular weight excluding hydrogens is 561 g/mol. The van der Waals surface area contributed by atoms with Crippen molar-refractivity contribution in [1.29, 1.82) is 0 Å². The van der Waals surface area contributed by atoms with E-state index in [0.29, 0.717) is 24.0 Å². The second-order valence-electron chi connectivity index (χ2n) is 9.35. The Morgan fingerprint density at radius 2 is 0.897 bits per heavy atom. The Hall–Kier alpha value is -1.52. The van der Waals surface area contributed by atoms with Crippen molar-refractivity contribution >= 4 is 79.5 Å². The van der Waals surface area contributed by atoms with Crippen molar-refractivity contribution in [3.8, 4) is 0 Å². The van der Waals surface area contributed by atoms with Crippen LogP contribution in [0.5, 0.6) is 0 Å². The molecule has 0 saturated heterocycles. The summed E-state index contributed by atoms with van der Waals surface area (Å²) < 4.78 is 68.2. The van der Waals surface area contributed by atoms with Gasteiger partial charge in [0.2, 0.25) is 0 Å². The first kappa shape index (κ1) is 33.7. The van der Waals surface area contributed by atoms with Gasteiger partial charge >= 0.3 is 37.7 Å². The van der Waals surface area contributed by atoms with Crippen LogP contribution in [-0.2, 0) is 33.1 Å². The quantitative estimate of drug-likeness (QED) is 0.116. The maximum atomic E-state index is 11.4. The molecule has 0 aliphatic rings. The number of fused-ring (bicyclic) bond motifs is 2. The van der Waals surface area contributed by atoms with Crippen LogP contribution in [0.4, 0.5) is 0 Å². The first-order valence-electron chi connectivity index (χ1n) is 13.0. The van der Waals surface area contributed by atoms with Crippen molar-refractivity contribution in [2.24, 2.45) is 0 Å². The van der Waals surface area contributed by atoms with Crippen molar-refractivity contribution in [3.05, 3.63) is 83.9 Å². The molecule has 0 unspecified atom stereocenters. The summed E-state index contributed by atoms with van der Waals surface area (Å²) in [6, 6.07) is 21.4. The molecule has 0 saturated carbocycles. The van der Waals surface area contributed by atoms with Gasteiger partial charge in [0.05, 0.1) is 9.79 Å². The minimum Gasteiger partial charge on any atom is -0.744 e. The van der Waals surface area contributed by atoms with Crippen molar-refractivity contribution < 1.29 is 25.9 Å². The predicted octanol–water partition coefficient (Wildman–Crippen LogP) is 6.57. The van der Waals surface area contributed by atoms with E-state index in [4.69, 9.17) is 0 Å². The van der Waals surface area contributed by atoms with Crippen LogP contribution in [0.2, 0.25) is 0 Å². The molecule has 0 heterocycles. The van der Waals surface area contributed by atoms with Crippen molar-refractivity contribution in [3.63, 3.8) is 0 Å². The fraction of sp³-hybridized carbons (Fsp3) is 0.333. The summed E-state index contributed by atoms with van der Waals surface area (Å²) in [5.74, 6) is 0. The van der Waals surface area contributed by atoms with E-state index in [1.165, 1.54) is 12.1 Å². The molecule has 9 heteroatoms. The standard InChI is InChI=1S/2C15H18O3S.Ca/c2*1-2-3-4-9-14-13-8-6-5-7-12(13)10-11-15(14)19(16,17)18;/h2*5-8,10-11H,2-4,9H2,1H3,(H,16,17,18);/q;;+2/p-2. The monoisotopic (exact) mass is 594 g/mol. The molecule has 204 valence electrons. The van der Waals surface area contributed by atoms with Gasteiger partial charge < -0.3 is 9.11 Å². The van der Waals surface area contributed by atoms with E-state index in [1.807, 2.05) is 48.5 Å². The fourth-order valence-electron chi connectivity index (χ4n) is 4.72. The SMILES string of the molecule is CCCCCc1c(S(=O)(=O)[O-])ccc2ccccc12.CCCCCc1c(S(=O)(=O)[O-])ccc2ccccc12.[Ca+2]. The Labute approximate surface area is 262 Å². The molecule has 0 atom stereocenters. The molecule has 0 aliphatic heterocycles. The van der Waals surface area contributed by atoms with E-state index < -0.39 is 20.2 Å². The average Bonchev–Trinajstić information content (AvgIpc) is 2.88. The summed E-state index contributed by atoms with van der Waals surface area (Å²) in [5.41, 5.74) is 1.34. The second kappa shape index (κ2) is 15.5. The van der Waals surface area contributed by atoms with Gasteiger partial charge in [-0.25, -0.2) is 16.8 Å². The average molecular weight is 595 g/mol. The predicted molar refractivity (Wildman–Crippen MR) is 156 cm³/mol. The fourth-order valence-corrected chi connectivity index (χ4v) is 6.22. The summed E-state index contributed by atoms with van der Waals surface area (Å²) in [5, 5.41) is 3.69. The maximum Gasteiger partial charge on any atom is 2.00 e. The van der Waals surface area contributed by atoms with Crippen LogP contribution in [-0.4, -0.2) is 63.7 Å². The molecule has 0 bridgehead atoms. The van der Waals surface area contributed by atoms with Crippen LogP contribution in [0.3, 0.4) is 0 Å². The Morgan fingerprint density at radius 1 is 0.538 bits per heavy atom. The zero-order chi connectivity index (χ0) is 27.8. The van der Waals surface area contributed by atoms with Crippen molar-refractivity contribution in [2.45, 2.75) is 75.0 Å². The number of unbranched alkanes of at least 4 members (excludes halogenated alkanes) is 4. The van der Waals surface area contributed by atoms with Crippen LogP contribution in [0.25, 0.3) is 21.5 Å². The molecule has 0 aromatic heterocycles. The third-order valence-corrected chi connectivity index (χ3v) is 8.44. The molecule has 4 rings (SSSR count). The van der Waals surface area contributed by atoms with Crippen molar-refractivity contribution in [2.75, 3.05) is 0 Å². The maximum absolute atomic E-state index is 11.4. The smallest absolute Gasteiger partial charge is 0.744 e. The van der Waals surface area contributed by atoms with Gasteiger partial charge in [0, 0.05) is 0 Å². The Morgan fingerprint density at radius 3 is 1.23 bits per heavy atom. The number of aryl methyl sites for hydroxylation is 2. The Bertz CT molecular complexity index is 1480. The molecule has 0 radical (unpaired) electrons. The molecule has 0 fully saturated rings. The van der Waals surface area contributed by atoms with Gasteiger partial charge in [-0.3, -0.25) is 0 Å². The van der Waals surface area contributed by atoms with Gasteiger partial charge in [0.25, 0.3) is 0 Å². The zero-order valence-corrected chi connectivity index (χ0v) is 26.4. The number of hydrogen-bond donors (Lipinski definition) is 0. The molecule has 6 nitrogen and oxygen atoms in total. The van der Waals surface area contributed by atoms with Crippen LogP contribution in [0, 0.1) is 0 Å². The molecule has 4 aromatic rings. The zero-order valence-electron chi connectivity index (χ0n) is 22.6. The van der Waals surface area contributed by atoms with Gasteiger partial charge in [-0.2, -0.15) is 0 Å². The van der Waals surface area contributed by atoms with Crippen LogP contribution < -0.4 is 0 Å². The van der Waals surface area contributed by atoms with Gasteiger partial charge in [-0.05, 0) is 70.5 Å². The van der Waals surface area contributed by atoms with E-state index in [-0.39, 0.29) is 47.5 Å². The Kier molecular flexibility index (Phi) is 13.4. The molecule has 4 aromatic carbocycles. The first-order chi connectivity index (χ1) is 18.1. The number of benzene rings is 4.